The molecule has 0 spiro atoms. The summed E-state index contributed by atoms with van der Waals surface area (Å²) >= 11 is 6.35. The molecule has 2 heterocycles. The Morgan fingerprint density at radius 3 is 2.80 bits per heavy atom. The van der Waals surface area contributed by atoms with E-state index in [0.29, 0.717) is 27.8 Å². The van der Waals surface area contributed by atoms with Crippen LogP contribution in [0.5, 0.6) is 0 Å². The van der Waals surface area contributed by atoms with Gasteiger partial charge in [-0.15, -0.1) is 0 Å². The van der Waals surface area contributed by atoms with Crippen LogP contribution in [0, 0.1) is 12.7 Å². The zero-order chi connectivity index (χ0) is 17.7. The van der Waals surface area contributed by atoms with Gasteiger partial charge in [-0.25, -0.2) is 13.9 Å². The molecule has 5 nitrogen and oxygen atoms in total. The van der Waals surface area contributed by atoms with Gasteiger partial charge in [0, 0.05) is 5.92 Å². The number of aryl methyl sites for hydroxylation is 1. The number of benzene rings is 1. The van der Waals surface area contributed by atoms with E-state index in [2.05, 4.69) is 14.8 Å². The van der Waals surface area contributed by atoms with Gasteiger partial charge in [0.05, 0.1) is 51.9 Å². The number of methoxy groups -OCH3 is 1. The number of rotatable bonds is 3. The molecule has 0 N–H and O–H groups in total. The number of carbonyl (C=O) groups excluding carboxylic acids is 1. The molecule has 0 saturated heterocycles. The Balaban J connectivity index is 1.87. The molecule has 0 amide bonds. The summed E-state index contributed by atoms with van der Waals surface area (Å²) < 4.78 is 21.0. The molecule has 3 aromatic rings. The third-order valence-corrected chi connectivity index (χ3v) is 4.73. The second-order valence-electron chi connectivity index (χ2n) is 6.14. The van der Waals surface area contributed by atoms with Crippen molar-refractivity contribution in [2.24, 2.45) is 0 Å². The number of esters is 1. The fraction of sp³-hybridized carbons (Fsp3) is 0.278. The lowest BCUT2D eigenvalue weighted by Crippen LogP contribution is -2.05. The molecule has 0 atom stereocenters. The van der Waals surface area contributed by atoms with Gasteiger partial charge in [-0.1, -0.05) is 11.6 Å². The van der Waals surface area contributed by atoms with Gasteiger partial charge in [-0.05, 0) is 38.0 Å². The summed E-state index contributed by atoms with van der Waals surface area (Å²) in [7, 11) is 1.22. The van der Waals surface area contributed by atoms with Gasteiger partial charge >= 0.3 is 5.97 Å². The molecule has 1 aliphatic carbocycles. The minimum atomic E-state index is -0.718. The average molecular weight is 360 g/mol. The lowest BCUT2D eigenvalue weighted by molar-refractivity contribution is 0.0596. The number of aromatic nitrogens is 3. The van der Waals surface area contributed by atoms with Crippen molar-refractivity contribution in [1.29, 1.82) is 0 Å². The molecule has 7 heteroatoms. The summed E-state index contributed by atoms with van der Waals surface area (Å²) in [6.07, 6.45) is 3.91. The smallest absolute Gasteiger partial charge is 0.340 e. The predicted molar refractivity (Wildman–Crippen MR) is 91.9 cm³/mol. The first-order valence-corrected chi connectivity index (χ1v) is 8.31. The number of carbonyl (C=O) groups is 1. The highest BCUT2D eigenvalue weighted by molar-refractivity contribution is 6.31. The van der Waals surface area contributed by atoms with Gasteiger partial charge in [0.1, 0.15) is 5.82 Å². The molecule has 1 fully saturated rings. The Hall–Kier alpha value is -2.47. The van der Waals surface area contributed by atoms with Gasteiger partial charge < -0.3 is 4.74 Å². The third kappa shape index (κ3) is 2.57. The number of nitrogens with zero attached hydrogens (tertiary/aromatic N) is 3. The average Bonchev–Trinajstić information content (AvgIpc) is 3.38. The Morgan fingerprint density at radius 1 is 1.40 bits per heavy atom. The predicted octanol–water partition coefficient (Wildman–Crippen LogP) is 4.19. The lowest BCUT2D eigenvalue weighted by Gasteiger charge is -2.07. The van der Waals surface area contributed by atoms with Crippen LogP contribution in [0.25, 0.3) is 16.6 Å². The first kappa shape index (κ1) is 16.0. The number of ether oxygens (including phenoxy) is 1. The van der Waals surface area contributed by atoms with E-state index in [1.807, 2.05) is 0 Å². The van der Waals surface area contributed by atoms with Crippen LogP contribution in [-0.2, 0) is 4.74 Å². The lowest BCUT2D eigenvalue weighted by atomic mass is 10.1. The Bertz CT molecular complexity index is 1010. The SMILES string of the molecule is COC(=O)c1ccc2c(c(C)nn2-c2cnc(C3CC3)c(Cl)c2)c1F. The fourth-order valence-electron chi connectivity index (χ4n) is 3.02. The molecule has 0 radical (unpaired) electrons. The molecule has 1 saturated carbocycles. The quantitative estimate of drug-likeness (QED) is 0.658. The highest BCUT2D eigenvalue weighted by Crippen LogP contribution is 2.42. The summed E-state index contributed by atoms with van der Waals surface area (Å²) in [6, 6.07) is 4.84. The van der Waals surface area contributed by atoms with Crippen LogP contribution in [0.3, 0.4) is 0 Å². The van der Waals surface area contributed by atoms with Crippen molar-refractivity contribution in [3.8, 4) is 5.69 Å². The van der Waals surface area contributed by atoms with Crippen molar-refractivity contribution in [1.82, 2.24) is 14.8 Å². The summed E-state index contributed by atoms with van der Waals surface area (Å²) in [4.78, 5) is 16.2. The molecule has 4 rings (SSSR count). The van der Waals surface area contributed by atoms with Crippen LogP contribution < -0.4 is 0 Å². The van der Waals surface area contributed by atoms with Crippen molar-refractivity contribution in [2.45, 2.75) is 25.7 Å². The van der Waals surface area contributed by atoms with Gasteiger partial charge in [-0.2, -0.15) is 5.10 Å². The maximum Gasteiger partial charge on any atom is 0.340 e. The zero-order valence-corrected chi connectivity index (χ0v) is 14.5. The molecular weight excluding hydrogens is 345 g/mol. The van der Waals surface area contributed by atoms with E-state index in [4.69, 9.17) is 11.6 Å². The van der Waals surface area contributed by atoms with Gasteiger partial charge in [-0.3, -0.25) is 4.98 Å². The maximum atomic E-state index is 14.8. The highest BCUT2D eigenvalue weighted by Gasteiger charge is 2.28. The number of hydrogen-bond donors (Lipinski definition) is 0. The second-order valence-corrected chi connectivity index (χ2v) is 6.55. The monoisotopic (exact) mass is 359 g/mol. The molecular formula is C18H15ClFN3O2. The Labute approximate surface area is 148 Å². The first-order chi connectivity index (χ1) is 12.0. The maximum absolute atomic E-state index is 14.8. The molecule has 0 bridgehead atoms. The molecule has 1 aliphatic rings. The summed E-state index contributed by atoms with van der Waals surface area (Å²) in [6.45, 7) is 1.69. The largest absolute Gasteiger partial charge is 0.465 e. The van der Waals surface area contributed by atoms with Crippen molar-refractivity contribution in [2.75, 3.05) is 7.11 Å². The molecule has 0 unspecified atom stereocenters. The van der Waals surface area contributed by atoms with Crippen molar-refractivity contribution < 1.29 is 13.9 Å². The van der Waals surface area contributed by atoms with E-state index in [0.717, 1.165) is 18.5 Å². The molecule has 128 valence electrons. The molecule has 0 aliphatic heterocycles. The third-order valence-electron chi connectivity index (χ3n) is 4.43. The van der Waals surface area contributed by atoms with Gasteiger partial charge in [0.25, 0.3) is 0 Å². The first-order valence-electron chi connectivity index (χ1n) is 7.93. The number of hydrogen-bond acceptors (Lipinski definition) is 4. The van der Waals surface area contributed by atoms with Crippen LogP contribution >= 0.6 is 11.6 Å². The topological polar surface area (TPSA) is 57.0 Å². The molecule has 25 heavy (non-hydrogen) atoms. The zero-order valence-electron chi connectivity index (χ0n) is 13.7. The fourth-order valence-corrected chi connectivity index (χ4v) is 3.33. The van der Waals surface area contributed by atoms with Crippen LogP contribution in [-0.4, -0.2) is 27.8 Å². The van der Waals surface area contributed by atoms with Gasteiger partial charge in [0.15, 0.2) is 0 Å². The van der Waals surface area contributed by atoms with Crippen molar-refractivity contribution in [3.05, 3.63) is 52.2 Å². The van der Waals surface area contributed by atoms with Crippen LogP contribution in [0.4, 0.5) is 4.39 Å². The molecule has 2 aromatic heterocycles. The van der Waals surface area contributed by atoms with E-state index in [1.54, 1.807) is 29.9 Å². The van der Waals surface area contributed by atoms with E-state index < -0.39 is 11.8 Å². The molecule has 1 aromatic carbocycles. The highest BCUT2D eigenvalue weighted by atomic mass is 35.5. The van der Waals surface area contributed by atoms with E-state index in [1.165, 1.54) is 13.2 Å². The second kappa shape index (κ2) is 5.81. The van der Waals surface area contributed by atoms with Crippen molar-refractivity contribution >= 4 is 28.5 Å². The van der Waals surface area contributed by atoms with Crippen LogP contribution in [0.15, 0.2) is 24.4 Å². The number of pyridine rings is 1. The number of fused-ring (bicyclic) bond motifs is 1. The summed E-state index contributed by atoms with van der Waals surface area (Å²) in [5.41, 5.74) is 2.45. The van der Waals surface area contributed by atoms with E-state index in [9.17, 15) is 9.18 Å². The Kier molecular flexibility index (Phi) is 3.72. The Morgan fingerprint density at radius 2 is 2.16 bits per heavy atom. The standard InChI is InChI=1S/C18H15ClFN3O2/c1-9-15-14(6-5-12(16(15)20)18(24)25-2)23(22-9)11-7-13(19)17(21-8-11)10-3-4-10/h5-8,10H,3-4H2,1-2H3. The van der Waals surface area contributed by atoms with E-state index >= 15 is 0 Å². The van der Waals surface area contributed by atoms with Gasteiger partial charge in [0.2, 0.25) is 0 Å². The van der Waals surface area contributed by atoms with Crippen LogP contribution in [0.1, 0.15) is 40.5 Å². The van der Waals surface area contributed by atoms with Crippen LogP contribution in [0.2, 0.25) is 5.02 Å². The summed E-state index contributed by atoms with van der Waals surface area (Å²) in [5.74, 6) is -0.912. The number of halogens is 2. The normalized spacial score (nSPS) is 14.1. The minimum absolute atomic E-state index is 0.113. The minimum Gasteiger partial charge on any atom is -0.465 e. The van der Waals surface area contributed by atoms with Crippen molar-refractivity contribution in [3.63, 3.8) is 0 Å². The van der Waals surface area contributed by atoms with E-state index in [-0.39, 0.29) is 10.9 Å². The summed E-state index contributed by atoms with van der Waals surface area (Å²) in [5, 5.41) is 5.28.